The number of aryl methyl sites for hydroxylation is 1. The molecule has 0 spiro atoms. The third kappa shape index (κ3) is 3.77. The number of carbonyl (C=O) groups is 1. The molecule has 1 heterocycles. The second kappa shape index (κ2) is 7.03. The van der Waals surface area contributed by atoms with Crippen LogP contribution in [0.2, 0.25) is 0 Å². The van der Waals surface area contributed by atoms with Gasteiger partial charge >= 0.3 is 6.18 Å². The van der Waals surface area contributed by atoms with E-state index in [4.69, 9.17) is 0 Å². The number of amides is 1. The van der Waals surface area contributed by atoms with Gasteiger partial charge in [-0.1, -0.05) is 36.4 Å². The summed E-state index contributed by atoms with van der Waals surface area (Å²) in [5.74, 6) is -0.0236. The van der Waals surface area contributed by atoms with Crippen LogP contribution in [0, 0.1) is 0 Å². The van der Waals surface area contributed by atoms with E-state index in [0.717, 1.165) is 17.7 Å². The number of hydrogen-bond donors (Lipinski definition) is 1. The molecule has 3 rings (SSSR count). The Balaban J connectivity index is 1.93. The van der Waals surface area contributed by atoms with Crippen molar-refractivity contribution in [1.82, 2.24) is 14.9 Å². The lowest BCUT2D eigenvalue weighted by atomic mass is 10.0. The van der Waals surface area contributed by atoms with Gasteiger partial charge in [0.2, 0.25) is 0 Å². The van der Waals surface area contributed by atoms with Gasteiger partial charge in [0.25, 0.3) is 5.91 Å². The van der Waals surface area contributed by atoms with Crippen LogP contribution in [-0.2, 0) is 13.2 Å². The Morgan fingerprint density at radius 2 is 1.85 bits per heavy atom. The number of hydrogen-bond acceptors (Lipinski definition) is 2. The number of imidazole rings is 1. The molecule has 0 fully saturated rings. The van der Waals surface area contributed by atoms with Crippen LogP contribution < -0.4 is 5.32 Å². The van der Waals surface area contributed by atoms with Gasteiger partial charge in [0, 0.05) is 25.0 Å². The number of aromatic nitrogens is 2. The predicted octanol–water partition coefficient (Wildman–Crippen LogP) is 3.96. The minimum absolute atomic E-state index is 0.0602. The Morgan fingerprint density at radius 3 is 2.46 bits per heavy atom. The Hall–Kier alpha value is -3.09. The third-order valence-electron chi connectivity index (χ3n) is 3.98. The van der Waals surface area contributed by atoms with Crippen molar-refractivity contribution in [3.8, 4) is 0 Å². The largest absolute Gasteiger partial charge is 0.416 e. The van der Waals surface area contributed by atoms with Crippen molar-refractivity contribution < 1.29 is 18.0 Å². The minimum atomic E-state index is -4.51. The van der Waals surface area contributed by atoms with E-state index in [1.165, 1.54) is 12.1 Å². The number of rotatable bonds is 4. The Morgan fingerprint density at radius 1 is 1.12 bits per heavy atom. The summed E-state index contributed by atoms with van der Waals surface area (Å²) in [4.78, 5) is 16.9. The fraction of sp³-hybridized carbons (Fsp3) is 0.158. The first-order chi connectivity index (χ1) is 12.4. The summed E-state index contributed by atoms with van der Waals surface area (Å²) in [6.45, 7) is 0. The molecule has 1 amide bonds. The average Bonchev–Trinajstić information content (AvgIpc) is 3.05. The summed E-state index contributed by atoms with van der Waals surface area (Å²) in [6.07, 6.45) is -1.17. The summed E-state index contributed by atoms with van der Waals surface area (Å²) >= 11 is 0. The first-order valence-electron chi connectivity index (χ1n) is 7.86. The topological polar surface area (TPSA) is 46.9 Å². The van der Waals surface area contributed by atoms with Gasteiger partial charge in [-0.05, 0) is 23.8 Å². The van der Waals surface area contributed by atoms with Crippen molar-refractivity contribution in [2.45, 2.75) is 12.2 Å². The molecule has 4 nitrogen and oxygen atoms in total. The van der Waals surface area contributed by atoms with Crippen molar-refractivity contribution in [2.24, 2.45) is 7.05 Å². The van der Waals surface area contributed by atoms with E-state index in [0.29, 0.717) is 5.82 Å². The van der Waals surface area contributed by atoms with E-state index in [-0.39, 0.29) is 5.56 Å². The lowest BCUT2D eigenvalue weighted by molar-refractivity contribution is -0.137. The zero-order valence-corrected chi connectivity index (χ0v) is 13.9. The Bertz CT molecular complexity index is 904. The van der Waals surface area contributed by atoms with Gasteiger partial charge < -0.3 is 9.88 Å². The van der Waals surface area contributed by atoms with Gasteiger partial charge in [-0.2, -0.15) is 13.2 Å². The first kappa shape index (κ1) is 17.7. The molecule has 2 aromatic carbocycles. The zero-order valence-electron chi connectivity index (χ0n) is 13.9. The molecule has 1 atom stereocenters. The smallest absolute Gasteiger partial charge is 0.338 e. The van der Waals surface area contributed by atoms with Crippen LogP contribution in [0.15, 0.2) is 67.0 Å². The Labute approximate surface area is 148 Å². The van der Waals surface area contributed by atoms with Crippen molar-refractivity contribution in [1.29, 1.82) is 0 Å². The second-order valence-electron chi connectivity index (χ2n) is 5.79. The highest BCUT2D eigenvalue weighted by Gasteiger charge is 2.31. The first-order valence-corrected chi connectivity index (χ1v) is 7.86. The molecule has 0 aliphatic rings. The fourth-order valence-electron chi connectivity index (χ4n) is 2.65. The number of nitrogens with one attached hydrogen (secondary N) is 1. The molecule has 7 heteroatoms. The molecule has 0 saturated carbocycles. The number of benzene rings is 2. The molecule has 134 valence electrons. The zero-order chi connectivity index (χ0) is 18.7. The van der Waals surface area contributed by atoms with Crippen molar-refractivity contribution in [2.75, 3.05) is 0 Å². The fourth-order valence-corrected chi connectivity index (χ4v) is 2.65. The van der Waals surface area contributed by atoms with Crippen LogP contribution >= 0.6 is 0 Å². The summed E-state index contributed by atoms with van der Waals surface area (Å²) in [5, 5.41) is 2.78. The molecule has 0 radical (unpaired) electrons. The molecule has 0 aliphatic heterocycles. The maximum absolute atomic E-state index is 12.9. The van der Waals surface area contributed by atoms with Gasteiger partial charge in [0.1, 0.15) is 11.9 Å². The molecule has 26 heavy (non-hydrogen) atoms. The van der Waals surface area contributed by atoms with E-state index >= 15 is 0 Å². The molecule has 3 aromatic rings. The highest BCUT2D eigenvalue weighted by Crippen LogP contribution is 2.30. The monoisotopic (exact) mass is 359 g/mol. The van der Waals surface area contributed by atoms with Crippen LogP contribution in [0.5, 0.6) is 0 Å². The molecule has 1 N–H and O–H groups in total. The molecule has 0 saturated heterocycles. The number of carbonyl (C=O) groups excluding carboxylic acids is 1. The maximum atomic E-state index is 12.9. The predicted molar refractivity (Wildman–Crippen MR) is 90.4 cm³/mol. The summed E-state index contributed by atoms with van der Waals surface area (Å²) in [6, 6.07) is 12.9. The summed E-state index contributed by atoms with van der Waals surface area (Å²) < 4.78 is 40.4. The molecular weight excluding hydrogens is 343 g/mol. The van der Waals surface area contributed by atoms with E-state index in [1.807, 2.05) is 30.3 Å². The molecule has 0 bridgehead atoms. The quantitative estimate of drug-likeness (QED) is 0.767. The molecular formula is C19H16F3N3O. The van der Waals surface area contributed by atoms with Crippen LogP contribution in [0.3, 0.4) is 0 Å². The molecule has 0 aliphatic carbocycles. The van der Waals surface area contributed by atoms with E-state index in [2.05, 4.69) is 10.3 Å². The number of alkyl halides is 3. The summed E-state index contributed by atoms with van der Waals surface area (Å²) in [7, 11) is 1.79. The number of nitrogens with zero attached hydrogens (tertiary/aromatic N) is 2. The van der Waals surface area contributed by atoms with Crippen LogP contribution in [0.25, 0.3) is 0 Å². The second-order valence-corrected chi connectivity index (χ2v) is 5.79. The van der Waals surface area contributed by atoms with E-state index in [9.17, 15) is 18.0 Å². The normalized spacial score (nSPS) is 12.6. The third-order valence-corrected chi connectivity index (χ3v) is 3.98. The minimum Gasteiger partial charge on any atom is -0.338 e. The maximum Gasteiger partial charge on any atom is 0.416 e. The standard InChI is InChI=1S/C19H16F3N3O/c1-25-11-10-23-17(25)16(13-6-3-2-4-7-13)24-18(26)14-8-5-9-15(12-14)19(20,21)22/h2-12,16H,1H3,(H,24,26)/t16-/m0/s1. The van der Waals surface area contributed by atoms with Crippen molar-refractivity contribution >= 4 is 5.91 Å². The lowest BCUT2D eigenvalue weighted by Crippen LogP contribution is -2.31. The highest BCUT2D eigenvalue weighted by molar-refractivity contribution is 5.94. The highest BCUT2D eigenvalue weighted by atomic mass is 19.4. The van der Waals surface area contributed by atoms with Crippen LogP contribution in [0.4, 0.5) is 13.2 Å². The van der Waals surface area contributed by atoms with Gasteiger partial charge in [-0.15, -0.1) is 0 Å². The van der Waals surface area contributed by atoms with Gasteiger partial charge in [0.15, 0.2) is 0 Å². The summed E-state index contributed by atoms with van der Waals surface area (Å²) in [5.41, 5.74) is -0.143. The Kier molecular flexibility index (Phi) is 4.79. The van der Waals surface area contributed by atoms with Crippen LogP contribution in [-0.4, -0.2) is 15.5 Å². The van der Waals surface area contributed by atoms with Gasteiger partial charge in [0.05, 0.1) is 5.56 Å². The van der Waals surface area contributed by atoms with Crippen LogP contribution in [0.1, 0.15) is 33.4 Å². The van der Waals surface area contributed by atoms with E-state index in [1.54, 1.807) is 24.0 Å². The number of halogens is 3. The van der Waals surface area contributed by atoms with Crippen molar-refractivity contribution in [3.05, 3.63) is 89.5 Å². The van der Waals surface area contributed by atoms with Crippen molar-refractivity contribution in [3.63, 3.8) is 0 Å². The molecule has 0 unspecified atom stereocenters. The van der Waals surface area contributed by atoms with E-state index < -0.39 is 23.7 Å². The van der Waals surface area contributed by atoms with Gasteiger partial charge in [-0.3, -0.25) is 4.79 Å². The molecule has 1 aromatic heterocycles. The van der Waals surface area contributed by atoms with Gasteiger partial charge in [-0.25, -0.2) is 4.98 Å². The average molecular weight is 359 g/mol. The lowest BCUT2D eigenvalue weighted by Gasteiger charge is -2.19. The SMILES string of the molecule is Cn1ccnc1[C@@H](NC(=O)c1cccc(C(F)(F)F)c1)c1ccccc1.